The number of para-hydroxylation sites is 1. The summed E-state index contributed by atoms with van der Waals surface area (Å²) < 4.78 is 11.1. The van der Waals surface area contributed by atoms with E-state index in [1.807, 2.05) is 37.3 Å². The third kappa shape index (κ3) is 3.60. The molecular formula is C18H19N5O2. The molecule has 1 atom stereocenters. The first-order valence-corrected chi connectivity index (χ1v) is 8.39. The molecule has 7 heteroatoms. The number of rotatable bonds is 4. The fraction of sp³-hybridized carbons (Fsp3) is 0.333. The van der Waals surface area contributed by atoms with Crippen LogP contribution in [0.3, 0.4) is 0 Å². The summed E-state index contributed by atoms with van der Waals surface area (Å²) in [4.78, 5) is 15.5. The summed E-state index contributed by atoms with van der Waals surface area (Å²) in [5.74, 6) is 3.52. The Kier molecular flexibility index (Phi) is 4.28. The van der Waals surface area contributed by atoms with Gasteiger partial charge in [0.15, 0.2) is 5.82 Å². The molecule has 1 aliphatic rings. The lowest BCUT2D eigenvalue weighted by Crippen LogP contribution is -2.35. The van der Waals surface area contributed by atoms with Crippen LogP contribution < -0.4 is 9.64 Å². The molecule has 1 unspecified atom stereocenters. The van der Waals surface area contributed by atoms with Crippen molar-refractivity contribution in [3.8, 4) is 11.6 Å². The Balaban J connectivity index is 1.50. The monoisotopic (exact) mass is 337 g/mol. The first-order valence-electron chi connectivity index (χ1n) is 8.39. The first-order chi connectivity index (χ1) is 12.3. The van der Waals surface area contributed by atoms with Crippen molar-refractivity contribution >= 4 is 5.95 Å². The van der Waals surface area contributed by atoms with E-state index in [0.29, 0.717) is 23.5 Å². The standard InChI is InChI=1S/C18H19N5O2/c1-13-20-17(25-22-13)14-6-5-11-23(12-14)18-19-10-9-16(21-18)24-15-7-3-2-4-8-15/h2-4,7-10,14H,5-6,11-12H2,1H3. The molecule has 0 saturated carbocycles. The molecule has 0 spiro atoms. The maximum atomic E-state index is 5.81. The molecular weight excluding hydrogens is 318 g/mol. The second-order valence-corrected chi connectivity index (χ2v) is 6.07. The molecule has 25 heavy (non-hydrogen) atoms. The first kappa shape index (κ1) is 15.6. The van der Waals surface area contributed by atoms with Crippen LogP contribution in [0.15, 0.2) is 47.1 Å². The molecule has 1 aromatic carbocycles. The highest BCUT2D eigenvalue weighted by atomic mass is 16.5. The maximum Gasteiger partial charge on any atom is 0.231 e. The van der Waals surface area contributed by atoms with E-state index in [1.165, 1.54) is 0 Å². The molecule has 3 aromatic rings. The summed E-state index contributed by atoms with van der Waals surface area (Å²) in [5.41, 5.74) is 0. The molecule has 128 valence electrons. The zero-order valence-corrected chi connectivity index (χ0v) is 14.0. The van der Waals surface area contributed by atoms with Gasteiger partial charge in [-0.25, -0.2) is 4.98 Å². The summed E-state index contributed by atoms with van der Waals surface area (Å²) in [6.45, 7) is 3.50. The van der Waals surface area contributed by atoms with Crippen molar-refractivity contribution in [2.24, 2.45) is 0 Å². The lowest BCUT2D eigenvalue weighted by molar-refractivity contribution is 0.330. The van der Waals surface area contributed by atoms with Crippen molar-refractivity contribution in [2.75, 3.05) is 18.0 Å². The predicted octanol–water partition coefficient (Wildman–Crippen LogP) is 3.34. The van der Waals surface area contributed by atoms with Gasteiger partial charge in [-0.2, -0.15) is 9.97 Å². The van der Waals surface area contributed by atoms with E-state index in [9.17, 15) is 0 Å². The molecule has 0 aliphatic carbocycles. The van der Waals surface area contributed by atoms with E-state index in [4.69, 9.17) is 9.26 Å². The lowest BCUT2D eigenvalue weighted by Gasteiger charge is -2.30. The van der Waals surface area contributed by atoms with Gasteiger partial charge in [0.1, 0.15) is 5.75 Å². The van der Waals surface area contributed by atoms with Gasteiger partial charge in [0.2, 0.25) is 17.7 Å². The minimum Gasteiger partial charge on any atom is -0.439 e. The molecule has 3 heterocycles. The van der Waals surface area contributed by atoms with Crippen LogP contribution in [0.2, 0.25) is 0 Å². The van der Waals surface area contributed by atoms with Gasteiger partial charge in [0, 0.05) is 25.4 Å². The largest absolute Gasteiger partial charge is 0.439 e. The fourth-order valence-corrected chi connectivity index (χ4v) is 2.99. The van der Waals surface area contributed by atoms with Crippen molar-refractivity contribution in [3.63, 3.8) is 0 Å². The zero-order chi connectivity index (χ0) is 17.1. The van der Waals surface area contributed by atoms with E-state index < -0.39 is 0 Å². The molecule has 7 nitrogen and oxygen atoms in total. The van der Waals surface area contributed by atoms with Gasteiger partial charge in [0.05, 0.1) is 5.92 Å². The lowest BCUT2D eigenvalue weighted by atomic mass is 9.98. The second-order valence-electron chi connectivity index (χ2n) is 6.07. The molecule has 4 rings (SSSR count). The number of hydrogen-bond acceptors (Lipinski definition) is 7. The smallest absolute Gasteiger partial charge is 0.231 e. The van der Waals surface area contributed by atoms with Gasteiger partial charge >= 0.3 is 0 Å². The zero-order valence-electron chi connectivity index (χ0n) is 14.0. The Morgan fingerprint density at radius 2 is 2.04 bits per heavy atom. The van der Waals surface area contributed by atoms with Crippen LogP contribution >= 0.6 is 0 Å². The van der Waals surface area contributed by atoms with Gasteiger partial charge in [-0.15, -0.1) is 0 Å². The van der Waals surface area contributed by atoms with Crippen molar-refractivity contribution in [1.29, 1.82) is 0 Å². The summed E-state index contributed by atoms with van der Waals surface area (Å²) in [6.07, 6.45) is 3.78. The molecule has 1 aliphatic heterocycles. The van der Waals surface area contributed by atoms with Crippen LogP contribution in [0.25, 0.3) is 0 Å². The van der Waals surface area contributed by atoms with E-state index in [-0.39, 0.29) is 5.92 Å². The highest BCUT2D eigenvalue weighted by molar-refractivity contribution is 5.35. The third-order valence-corrected chi connectivity index (χ3v) is 4.18. The number of benzene rings is 1. The normalized spacial score (nSPS) is 17.5. The predicted molar refractivity (Wildman–Crippen MR) is 91.8 cm³/mol. The SMILES string of the molecule is Cc1noc(C2CCCN(c3nccc(Oc4ccccc4)n3)C2)n1. The molecule has 1 saturated heterocycles. The molecule has 0 bridgehead atoms. The number of ether oxygens (including phenoxy) is 1. The molecule has 0 N–H and O–H groups in total. The van der Waals surface area contributed by atoms with Crippen LogP contribution in [0.1, 0.15) is 30.5 Å². The van der Waals surface area contributed by atoms with E-state index in [0.717, 1.165) is 31.7 Å². The van der Waals surface area contributed by atoms with Crippen LogP contribution in [0.4, 0.5) is 5.95 Å². The van der Waals surface area contributed by atoms with E-state index in [1.54, 1.807) is 12.3 Å². The Morgan fingerprint density at radius 3 is 2.84 bits per heavy atom. The minimum atomic E-state index is 0.206. The number of hydrogen-bond donors (Lipinski definition) is 0. The number of aryl methyl sites for hydroxylation is 1. The number of anilines is 1. The van der Waals surface area contributed by atoms with Crippen molar-refractivity contribution in [1.82, 2.24) is 20.1 Å². The summed E-state index contributed by atoms with van der Waals surface area (Å²) in [6, 6.07) is 11.4. The van der Waals surface area contributed by atoms with Gasteiger partial charge in [-0.3, -0.25) is 0 Å². The maximum absolute atomic E-state index is 5.81. The third-order valence-electron chi connectivity index (χ3n) is 4.18. The highest BCUT2D eigenvalue weighted by Crippen LogP contribution is 2.28. The van der Waals surface area contributed by atoms with Gasteiger partial charge in [-0.1, -0.05) is 23.4 Å². The van der Waals surface area contributed by atoms with Gasteiger partial charge in [-0.05, 0) is 31.9 Å². The Morgan fingerprint density at radius 1 is 1.16 bits per heavy atom. The topological polar surface area (TPSA) is 77.2 Å². The quantitative estimate of drug-likeness (QED) is 0.722. The summed E-state index contributed by atoms with van der Waals surface area (Å²) in [5, 5.41) is 3.89. The van der Waals surface area contributed by atoms with Crippen LogP contribution in [-0.2, 0) is 0 Å². The van der Waals surface area contributed by atoms with Crippen molar-refractivity contribution < 1.29 is 9.26 Å². The van der Waals surface area contributed by atoms with Crippen molar-refractivity contribution in [2.45, 2.75) is 25.7 Å². The Hall–Kier alpha value is -2.96. The van der Waals surface area contributed by atoms with Crippen LogP contribution in [0.5, 0.6) is 11.6 Å². The Labute approximate surface area is 145 Å². The summed E-state index contributed by atoms with van der Waals surface area (Å²) in [7, 11) is 0. The molecule has 0 amide bonds. The van der Waals surface area contributed by atoms with Gasteiger partial charge < -0.3 is 14.2 Å². The van der Waals surface area contributed by atoms with Gasteiger partial charge in [0.25, 0.3) is 0 Å². The molecule has 0 radical (unpaired) electrons. The Bertz CT molecular complexity index is 836. The molecule has 1 fully saturated rings. The number of piperidine rings is 1. The number of aromatic nitrogens is 4. The van der Waals surface area contributed by atoms with E-state index >= 15 is 0 Å². The fourth-order valence-electron chi connectivity index (χ4n) is 2.99. The average Bonchev–Trinajstić information content (AvgIpc) is 3.09. The number of nitrogens with zero attached hydrogens (tertiary/aromatic N) is 5. The van der Waals surface area contributed by atoms with E-state index in [2.05, 4.69) is 25.0 Å². The van der Waals surface area contributed by atoms with Crippen molar-refractivity contribution in [3.05, 3.63) is 54.3 Å². The highest BCUT2D eigenvalue weighted by Gasteiger charge is 2.27. The average molecular weight is 337 g/mol. The second kappa shape index (κ2) is 6.88. The van der Waals surface area contributed by atoms with Crippen LogP contribution in [0, 0.1) is 6.92 Å². The minimum absolute atomic E-state index is 0.206. The summed E-state index contributed by atoms with van der Waals surface area (Å²) >= 11 is 0. The molecule has 2 aromatic heterocycles. The van der Waals surface area contributed by atoms with Crippen LogP contribution in [-0.4, -0.2) is 33.2 Å².